The maximum Gasteiger partial charge on any atom is 0.319 e. The first kappa shape index (κ1) is 27.1. The normalized spacial score (nSPS) is 30.7. The van der Waals surface area contributed by atoms with E-state index < -0.39 is 6.29 Å². The van der Waals surface area contributed by atoms with Gasteiger partial charge in [0.05, 0.1) is 18.8 Å². The molecule has 3 fully saturated rings. The van der Waals surface area contributed by atoms with Gasteiger partial charge in [0.2, 0.25) is 0 Å². The second kappa shape index (κ2) is 11.0. The summed E-state index contributed by atoms with van der Waals surface area (Å²) in [7, 11) is 0. The summed E-state index contributed by atoms with van der Waals surface area (Å²) in [5.74, 6) is 0. The predicted octanol–water partition coefficient (Wildman–Crippen LogP) is 5.77. The number of carbonyl (C=O) groups excluding carboxylic acids is 1. The molecule has 2 aliphatic heterocycles. The molecule has 38 heavy (non-hydrogen) atoms. The SMILES string of the molecule is CCNC(=O)Nc1ccc([C@@H]2O[C@H](CN3CC4(C)CC3CC(C)(C)C4)C[C@H](c3ccc(CO)cc3)O2)cc1. The van der Waals surface area contributed by atoms with E-state index in [-0.39, 0.29) is 24.8 Å². The maximum absolute atomic E-state index is 11.9. The third-order valence-corrected chi connectivity index (χ3v) is 8.35. The summed E-state index contributed by atoms with van der Waals surface area (Å²) in [6.07, 6.45) is 4.01. The van der Waals surface area contributed by atoms with E-state index in [9.17, 15) is 9.90 Å². The first-order valence-electron chi connectivity index (χ1n) is 14.0. The molecule has 7 heteroatoms. The number of urea groups is 1. The average Bonchev–Trinajstić information content (AvgIpc) is 3.11. The number of aliphatic hydroxyl groups excluding tert-OH is 1. The van der Waals surface area contributed by atoms with E-state index in [1.54, 1.807) is 0 Å². The van der Waals surface area contributed by atoms with E-state index in [0.29, 0.717) is 23.4 Å². The van der Waals surface area contributed by atoms with Crippen LogP contribution in [0.5, 0.6) is 0 Å². The lowest BCUT2D eigenvalue weighted by atomic mass is 9.65. The molecule has 5 atom stereocenters. The highest BCUT2D eigenvalue weighted by Gasteiger charge is 2.50. The predicted molar refractivity (Wildman–Crippen MR) is 149 cm³/mol. The highest BCUT2D eigenvalue weighted by Crippen LogP contribution is 2.53. The molecule has 1 aliphatic carbocycles. The van der Waals surface area contributed by atoms with Crippen molar-refractivity contribution in [3.8, 4) is 0 Å². The van der Waals surface area contributed by atoms with Crippen molar-refractivity contribution in [2.45, 2.75) is 84.5 Å². The number of nitrogens with zero attached hydrogens (tertiary/aromatic N) is 1. The fraction of sp³-hybridized carbons (Fsp3) is 0.581. The summed E-state index contributed by atoms with van der Waals surface area (Å²) in [4.78, 5) is 14.6. The van der Waals surface area contributed by atoms with Crippen molar-refractivity contribution in [3.63, 3.8) is 0 Å². The molecule has 1 saturated carbocycles. The first-order chi connectivity index (χ1) is 18.1. The molecule has 3 aliphatic rings. The van der Waals surface area contributed by atoms with Gasteiger partial charge in [-0.3, -0.25) is 4.90 Å². The highest BCUT2D eigenvalue weighted by molar-refractivity contribution is 5.89. The van der Waals surface area contributed by atoms with Crippen molar-refractivity contribution >= 4 is 11.7 Å². The molecule has 0 aromatic heterocycles. The zero-order chi connectivity index (χ0) is 26.9. The Balaban J connectivity index is 1.34. The Kier molecular flexibility index (Phi) is 7.83. The lowest BCUT2D eigenvalue weighted by Gasteiger charge is -2.41. The number of ether oxygens (including phenoxy) is 2. The van der Waals surface area contributed by atoms with Gasteiger partial charge in [0.1, 0.15) is 0 Å². The van der Waals surface area contributed by atoms with Crippen LogP contribution < -0.4 is 10.6 Å². The van der Waals surface area contributed by atoms with E-state index in [1.807, 2.05) is 43.3 Å². The van der Waals surface area contributed by atoms with Crippen LogP contribution in [-0.4, -0.2) is 47.8 Å². The fourth-order valence-corrected chi connectivity index (χ4v) is 7.14. The van der Waals surface area contributed by atoms with Crippen LogP contribution in [0.4, 0.5) is 10.5 Å². The molecule has 2 bridgehead atoms. The Bertz CT molecular complexity index is 1100. The van der Waals surface area contributed by atoms with Crippen molar-refractivity contribution in [1.82, 2.24) is 10.2 Å². The summed E-state index contributed by atoms with van der Waals surface area (Å²) in [5, 5.41) is 15.1. The highest BCUT2D eigenvalue weighted by atomic mass is 16.7. The van der Waals surface area contributed by atoms with Crippen LogP contribution in [0.2, 0.25) is 0 Å². The number of benzene rings is 2. The Morgan fingerprint density at radius 2 is 1.74 bits per heavy atom. The summed E-state index contributed by atoms with van der Waals surface area (Å²) in [6.45, 7) is 11.8. The Morgan fingerprint density at radius 1 is 1.03 bits per heavy atom. The largest absolute Gasteiger partial charge is 0.392 e. The molecule has 2 heterocycles. The van der Waals surface area contributed by atoms with Crippen molar-refractivity contribution in [2.24, 2.45) is 10.8 Å². The number of aliphatic hydroxyl groups is 1. The van der Waals surface area contributed by atoms with Gasteiger partial charge >= 0.3 is 6.03 Å². The van der Waals surface area contributed by atoms with Crippen molar-refractivity contribution in [2.75, 3.05) is 25.0 Å². The summed E-state index contributed by atoms with van der Waals surface area (Å²) in [6, 6.07) is 16.1. The number of nitrogens with one attached hydrogen (secondary N) is 2. The van der Waals surface area contributed by atoms with E-state index in [1.165, 1.54) is 19.3 Å². The van der Waals surface area contributed by atoms with Crippen molar-refractivity contribution in [3.05, 3.63) is 65.2 Å². The molecule has 2 unspecified atom stereocenters. The quantitative estimate of drug-likeness (QED) is 0.431. The van der Waals surface area contributed by atoms with Gasteiger partial charge < -0.3 is 25.2 Å². The number of hydrogen-bond donors (Lipinski definition) is 3. The van der Waals surface area contributed by atoms with Gasteiger partial charge in [-0.2, -0.15) is 0 Å². The topological polar surface area (TPSA) is 83.1 Å². The Labute approximate surface area is 226 Å². The molecule has 2 amide bonds. The summed E-state index contributed by atoms with van der Waals surface area (Å²) >= 11 is 0. The van der Waals surface area contributed by atoms with Crippen LogP contribution in [-0.2, 0) is 16.1 Å². The van der Waals surface area contributed by atoms with Gasteiger partial charge in [-0.1, -0.05) is 57.2 Å². The monoisotopic (exact) mass is 521 g/mol. The standard InChI is InChI=1S/C31H43N3O4/c1-5-32-29(36)33-24-12-10-23(11-13-24)28-37-26(14-27(38-28)22-8-6-21(18-35)7-9-22)17-34-20-31(4)16-25(34)15-30(2,3)19-31/h6-13,25-28,35H,5,14-20H2,1-4H3,(H2,32,33,36)/t25?,26-,27+,28+,31?/m0/s1. The number of carbonyl (C=O) groups is 1. The Morgan fingerprint density at radius 3 is 2.42 bits per heavy atom. The summed E-state index contributed by atoms with van der Waals surface area (Å²) < 4.78 is 13.1. The molecule has 5 rings (SSSR count). The zero-order valence-corrected chi connectivity index (χ0v) is 23.2. The number of amides is 2. The smallest absolute Gasteiger partial charge is 0.319 e. The molecule has 0 radical (unpaired) electrons. The van der Waals surface area contributed by atoms with Crippen LogP contribution >= 0.6 is 0 Å². The van der Waals surface area contributed by atoms with Gasteiger partial charge in [-0.05, 0) is 60.3 Å². The van der Waals surface area contributed by atoms with Crippen LogP contribution in [0.25, 0.3) is 0 Å². The van der Waals surface area contributed by atoms with Crippen molar-refractivity contribution < 1.29 is 19.4 Å². The minimum atomic E-state index is -0.496. The minimum absolute atomic E-state index is 0.0301. The summed E-state index contributed by atoms with van der Waals surface area (Å²) in [5.41, 5.74) is 4.41. The first-order valence-corrected chi connectivity index (χ1v) is 14.0. The molecule has 2 saturated heterocycles. The van der Waals surface area contributed by atoms with E-state index in [2.05, 4.69) is 48.4 Å². The number of likely N-dealkylation sites (tertiary alicyclic amines) is 1. The Hall–Kier alpha value is -2.45. The molecule has 0 spiro atoms. The van der Waals surface area contributed by atoms with E-state index in [4.69, 9.17) is 9.47 Å². The van der Waals surface area contributed by atoms with Crippen LogP contribution in [0, 0.1) is 10.8 Å². The molecular weight excluding hydrogens is 478 g/mol. The second-order valence-electron chi connectivity index (χ2n) is 12.6. The van der Waals surface area contributed by atoms with E-state index in [0.717, 1.165) is 41.9 Å². The van der Waals surface area contributed by atoms with Crippen LogP contribution in [0.1, 0.15) is 82.5 Å². The van der Waals surface area contributed by atoms with Crippen LogP contribution in [0.15, 0.2) is 48.5 Å². The molecule has 206 valence electrons. The van der Waals surface area contributed by atoms with Crippen LogP contribution in [0.3, 0.4) is 0 Å². The molecule has 7 nitrogen and oxygen atoms in total. The second-order valence-corrected chi connectivity index (χ2v) is 12.6. The lowest BCUT2D eigenvalue weighted by Crippen LogP contribution is -2.42. The van der Waals surface area contributed by atoms with Gasteiger partial charge in [-0.25, -0.2) is 4.79 Å². The van der Waals surface area contributed by atoms with Gasteiger partial charge in [0.15, 0.2) is 6.29 Å². The van der Waals surface area contributed by atoms with E-state index >= 15 is 0 Å². The minimum Gasteiger partial charge on any atom is -0.392 e. The average molecular weight is 522 g/mol. The van der Waals surface area contributed by atoms with Gasteiger partial charge in [0.25, 0.3) is 0 Å². The maximum atomic E-state index is 11.9. The molecule has 2 aromatic carbocycles. The van der Waals surface area contributed by atoms with Gasteiger partial charge in [-0.15, -0.1) is 0 Å². The molecule has 2 aromatic rings. The molecule has 3 N–H and O–H groups in total. The molecular formula is C31H43N3O4. The number of hydrogen-bond acceptors (Lipinski definition) is 5. The third kappa shape index (κ3) is 6.23. The van der Waals surface area contributed by atoms with Gasteiger partial charge in [0, 0.05) is 43.3 Å². The number of rotatable bonds is 7. The third-order valence-electron chi connectivity index (χ3n) is 8.35. The lowest BCUT2D eigenvalue weighted by molar-refractivity contribution is -0.253. The van der Waals surface area contributed by atoms with Crippen molar-refractivity contribution in [1.29, 1.82) is 0 Å². The number of anilines is 1. The fourth-order valence-electron chi connectivity index (χ4n) is 7.14. The zero-order valence-electron chi connectivity index (χ0n) is 23.2. The number of fused-ring (bicyclic) bond motifs is 2.